The van der Waals surface area contributed by atoms with E-state index in [2.05, 4.69) is 0 Å². The molecule has 1 heterocycles. The largest absolute Gasteiger partial charge is 0.416 e. The van der Waals surface area contributed by atoms with Crippen molar-refractivity contribution in [3.63, 3.8) is 0 Å². The van der Waals surface area contributed by atoms with Gasteiger partial charge in [-0.3, -0.25) is 0 Å². The second-order valence-corrected chi connectivity index (χ2v) is 19.2. The standard InChI is InChI=1S/C24H21F9O3Si3/c1-37(19-10-4-16(5-11-19)22(25,26)27)34-38(2,20-12-6-17(7-13-20)23(28,29)30)36-39(3,35-37)21-14-8-18(9-15-21)24(31,32)33/h4-15H,1-3H3. The van der Waals surface area contributed by atoms with Gasteiger partial charge in [0.05, 0.1) is 16.7 Å². The van der Waals surface area contributed by atoms with Crippen molar-refractivity contribution in [1.29, 1.82) is 0 Å². The Hall–Kier alpha value is -2.44. The molecular weight excluding hydrogens is 592 g/mol. The highest BCUT2D eigenvalue weighted by atomic mass is 28.5. The van der Waals surface area contributed by atoms with E-state index in [1.54, 1.807) is 19.6 Å². The minimum Gasteiger partial charge on any atom is -0.409 e. The maximum Gasteiger partial charge on any atom is 0.416 e. The first-order valence-electron chi connectivity index (χ1n) is 11.4. The predicted octanol–water partition coefficient (Wildman–Crippen LogP) is 6.04. The van der Waals surface area contributed by atoms with Crippen LogP contribution in [0.25, 0.3) is 0 Å². The molecule has 3 aromatic rings. The molecule has 0 amide bonds. The van der Waals surface area contributed by atoms with Crippen molar-refractivity contribution in [1.82, 2.24) is 0 Å². The van der Waals surface area contributed by atoms with Crippen LogP contribution in [0.5, 0.6) is 0 Å². The lowest BCUT2D eigenvalue weighted by Gasteiger charge is -2.50. The highest BCUT2D eigenvalue weighted by Crippen LogP contribution is 2.35. The highest BCUT2D eigenvalue weighted by molar-refractivity contribution is 7.05. The van der Waals surface area contributed by atoms with Gasteiger partial charge in [-0.15, -0.1) is 0 Å². The van der Waals surface area contributed by atoms with Crippen LogP contribution in [0, 0.1) is 0 Å². The van der Waals surface area contributed by atoms with Crippen LogP contribution in [0.1, 0.15) is 16.7 Å². The molecule has 1 aliphatic heterocycles. The summed E-state index contributed by atoms with van der Waals surface area (Å²) in [6.45, 7) is 4.72. The molecular formula is C24H21F9O3Si3. The Morgan fingerprint density at radius 1 is 0.385 bits per heavy atom. The first-order valence-corrected chi connectivity index (χ1v) is 18.3. The third-order valence-corrected chi connectivity index (χ3v) is 19.9. The Bertz CT molecular complexity index is 1150. The molecule has 1 saturated heterocycles. The molecule has 0 atom stereocenters. The summed E-state index contributed by atoms with van der Waals surface area (Å²) in [4.78, 5) is 0. The lowest BCUT2D eigenvalue weighted by atomic mass is 10.2. The minimum atomic E-state index is -4.59. The van der Waals surface area contributed by atoms with Gasteiger partial charge >= 0.3 is 44.2 Å². The van der Waals surface area contributed by atoms with Crippen LogP contribution in [0.2, 0.25) is 19.6 Å². The molecule has 15 heteroatoms. The lowest BCUT2D eigenvalue weighted by molar-refractivity contribution is -0.138. The number of halogens is 9. The van der Waals surface area contributed by atoms with Crippen LogP contribution in [0.4, 0.5) is 39.5 Å². The van der Waals surface area contributed by atoms with Crippen molar-refractivity contribution in [3.05, 3.63) is 89.5 Å². The molecule has 0 aliphatic carbocycles. The van der Waals surface area contributed by atoms with E-state index in [9.17, 15) is 39.5 Å². The summed E-state index contributed by atoms with van der Waals surface area (Å²) in [7, 11) is -10.9. The summed E-state index contributed by atoms with van der Waals surface area (Å²) >= 11 is 0. The van der Waals surface area contributed by atoms with Gasteiger partial charge in [0.1, 0.15) is 0 Å². The molecule has 39 heavy (non-hydrogen) atoms. The number of hydrogen-bond acceptors (Lipinski definition) is 3. The van der Waals surface area contributed by atoms with Gasteiger partial charge in [-0.05, 0) is 71.6 Å². The molecule has 0 spiro atoms. The molecule has 0 bridgehead atoms. The quantitative estimate of drug-likeness (QED) is 0.267. The zero-order valence-electron chi connectivity index (χ0n) is 20.6. The monoisotopic (exact) mass is 612 g/mol. The molecule has 3 nitrogen and oxygen atoms in total. The van der Waals surface area contributed by atoms with Crippen LogP contribution in [0.3, 0.4) is 0 Å². The molecule has 0 saturated carbocycles. The van der Waals surface area contributed by atoms with E-state index in [1.165, 1.54) is 36.4 Å². The number of rotatable bonds is 3. The van der Waals surface area contributed by atoms with E-state index in [1.807, 2.05) is 0 Å². The predicted molar refractivity (Wildman–Crippen MR) is 131 cm³/mol. The van der Waals surface area contributed by atoms with Gasteiger partial charge in [-0.25, -0.2) is 0 Å². The average Bonchev–Trinajstić information content (AvgIpc) is 2.82. The molecule has 0 N–H and O–H groups in total. The molecule has 0 aromatic heterocycles. The molecule has 0 radical (unpaired) electrons. The van der Waals surface area contributed by atoms with Crippen LogP contribution >= 0.6 is 0 Å². The molecule has 1 fully saturated rings. The zero-order valence-corrected chi connectivity index (χ0v) is 23.6. The molecule has 210 valence electrons. The van der Waals surface area contributed by atoms with E-state index >= 15 is 0 Å². The third kappa shape index (κ3) is 6.02. The summed E-state index contributed by atoms with van der Waals surface area (Å²) < 4.78 is 138. The summed E-state index contributed by atoms with van der Waals surface area (Å²) in [6, 6.07) is 12.5. The second kappa shape index (κ2) is 9.59. The first-order chi connectivity index (χ1) is 17.8. The maximum atomic E-state index is 13.2. The van der Waals surface area contributed by atoms with Crippen molar-refractivity contribution in [2.24, 2.45) is 0 Å². The van der Waals surface area contributed by atoms with E-state index in [0.717, 1.165) is 36.4 Å². The van der Waals surface area contributed by atoms with Crippen LogP contribution in [-0.4, -0.2) is 25.7 Å². The van der Waals surface area contributed by atoms with Gasteiger partial charge in [-0.1, -0.05) is 36.4 Å². The summed E-state index contributed by atoms with van der Waals surface area (Å²) in [5.41, 5.74) is -2.70. The maximum absolute atomic E-state index is 13.2. The van der Waals surface area contributed by atoms with Crippen molar-refractivity contribution in [2.75, 3.05) is 0 Å². The van der Waals surface area contributed by atoms with Crippen molar-refractivity contribution in [3.8, 4) is 0 Å². The number of benzene rings is 3. The summed E-state index contributed by atoms with van der Waals surface area (Å²) in [5, 5.41) is 0.903. The van der Waals surface area contributed by atoms with Crippen molar-refractivity contribution in [2.45, 2.75) is 38.2 Å². The Labute approximate surface area is 220 Å². The van der Waals surface area contributed by atoms with Gasteiger partial charge in [0.15, 0.2) is 0 Å². The van der Waals surface area contributed by atoms with Gasteiger partial charge in [0, 0.05) is 0 Å². The Morgan fingerprint density at radius 3 is 0.718 bits per heavy atom. The SMILES string of the molecule is C[Si]1(c2ccc(C(F)(F)F)cc2)O[Si](C)(c2ccc(C(F)(F)F)cc2)O[Si](C)(c2ccc(C(F)(F)F)cc2)O1. The molecule has 3 aromatic carbocycles. The van der Waals surface area contributed by atoms with Crippen LogP contribution in [0.15, 0.2) is 72.8 Å². The van der Waals surface area contributed by atoms with E-state index < -0.39 is 60.9 Å². The number of alkyl halides is 9. The zero-order chi connectivity index (χ0) is 29.1. The van der Waals surface area contributed by atoms with Gasteiger partial charge in [0.2, 0.25) is 0 Å². The summed E-state index contributed by atoms with van der Waals surface area (Å²) in [6.07, 6.45) is -13.8. The Balaban J connectivity index is 1.82. The van der Waals surface area contributed by atoms with Crippen molar-refractivity contribution >= 4 is 41.2 Å². The van der Waals surface area contributed by atoms with Crippen LogP contribution in [-0.2, 0) is 30.9 Å². The molecule has 1 aliphatic rings. The van der Waals surface area contributed by atoms with Gasteiger partial charge < -0.3 is 12.3 Å². The topological polar surface area (TPSA) is 27.7 Å². The normalized spacial score (nSPS) is 26.5. The molecule has 4 rings (SSSR count). The fraction of sp³-hybridized carbons (Fsp3) is 0.250. The van der Waals surface area contributed by atoms with Crippen LogP contribution < -0.4 is 15.6 Å². The van der Waals surface area contributed by atoms with E-state index in [-0.39, 0.29) is 0 Å². The third-order valence-electron chi connectivity index (χ3n) is 6.38. The second-order valence-electron chi connectivity index (χ2n) is 9.37. The highest BCUT2D eigenvalue weighted by Gasteiger charge is 2.59. The van der Waals surface area contributed by atoms with Crippen molar-refractivity contribution < 1.29 is 51.9 Å². The van der Waals surface area contributed by atoms with Gasteiger partial charge in [-0.2, -0.15) is 39.5 Å². The number of hydrogen-bond donors (Lipinski definition) is 0. The van der Waals surface area contributed by atoms with E-state index in [4.69, 9.17) is 12.3 Å². The lowest BCUT2D eigenvalue weighted by Crippen LogP contribution is -2.77. The fourth-order valence-corrected chi connectivity index (χ4v) is 20.1. The van der Waals surface area contributed by atoms with E-state index in [0.29, 0.717) is 15.6 Å². The minimum absolute atomic E-state index is 0.301. The molecule has 0 unspecified atom stereocenters. The smallest absolute Gasteiger partial charge is 0.409 e. The average molecular weight is 613 g/mol. The Kier molecular flexibility index (Phi) is 7.26. The fourth-order valence-electron chi connectivity index (χ4n) is 4.42. The van der Waals surface area contributed by atoms with Gasteiger partial charge in [0.25, 0.3) is 0 Å². The summed E-state index contributed by atoms with van der Waals surface area (Å²) in [5.74, 6) is 0. The Morgan fingerprint density at radius 2 is 0.564 bits per heavy atom. The first kappa shape index (κ1) is 29.5.